The molecule has 1 unspecified atom stereocenters. The number of benzene rings is 1. The Morgan fingerprint density at radius 1 is 1.04 bits per heavy atom. The van der Waals surface area contributed by atoms with Gasteiger partial charge in [0.05, 0.1) is 11.2 Å². The summed E-state index contributed by atoms with van der Waals surface area (Å²) in [7, 11) is -0.445. The zero-order chi connectivity index (χ0) is 18.2. The van der Waals surface area contributed by atoms with Crippen LogP contribution in [0, 0.1) is 5.41 Å². The summed E-state index contributed by atoms with van der Waals surface area (Å²) in [6, 6.07) is 8.24. The summed E-state index contributed by atoms with van der Waals surface area (Å²) in [5, 5.41) is 1.69. The number of aromatic nitrogens is 1. The van der Waals surface area contributed by atoms with Gasteiger partial charge in [-0.25, -0.2) is 0 Å². The van der Waals surface area contributed by atoms with E-state index in [1.165, 1.54) is 0 Å². The predicted octanol–water partition coefficient (Wildman–Crippen LogP) is 3.27. The van der Waals surface area contributed by atoms with Crippen molar-refractivity contribution in [2.45, 2.75) is 65.2 Å². The molecule has 1 aromatic carbocycles. The van der Waals surface area contributed by atoms with E-state index in [-0.39, 0.29) is 22.2 Å². The summed E-state index contributed by atoms with van der Waals surface area (Å²) < 4.78 is 14.1. The molecule has 0 N–H and O–H groups in total. The molecule has 1 aliphatic heterocycles. The zero-order valence-corrected chi connectivity index (χ0v) is 15.9. The van der Waals surface area contributed by atoms with Crippen LogP contribution in [0.4, 0.5) is 0 Å². The second kappa shape index (κ2) is 4.98. The molecule has 1 saturated heterocycles. The van der Waals surface area contributed by atoms with Crippen molar-refractivity contribution in [1.29, 1.82) is 0 Å². The lowest BCUT2D eigenvalue weighted by molar-refractivity contribution is 0.00578. The van der Waals surface area contributed by atoms with Gasteiger partial charge in [0.1, 0.15) is 0 Å². The summed E-state index contributed by atoms with van der Waals surface area (Å²) in [4.78, 5) is 13.0. The van der Waals surface area contributed by atoms with Gasteiger partial charge in [-0.15, -0.1) is 0 Å². The van der Waals surface area contributed by atoms with Crippen molar-refractivity contribution in [2.24, 2.45) is 5.41 Å². The highest BCUT2D eigenvalue weighted by Crippen LogP contribution is 2.54. The lowest BCUT2D eigenvalue weighted by atomic mass is 9.78. The van der Waals surface area contributed by atoms with Crippen LogP contribution < -0.4 is 11.0 Å². The third kappa shape index (κ3) is 2.56. The van der Waals surface area contributed by atoms with Gasteiger partial charge in [0.25, 0.3) is 5.56 Å². The van der Waals surface area contributed by atoms with Crippen LogP contribution >= 0.6 is 0 Å². The zero-order valence-electron chi connectivity index (χ0n) is 15.9. The molecule has 4 nitrogen and oxygen atoms in total. The molecule has 0 radical (unpaired) electrons. The molecule has 1 aromatic heterocycles. The highest BCUT2D eigenvalue weighted by Gasteiger charge is 2.52. The molecular formula is C20H26BNO3. The molecule has 1 saturated carbocycles. The summed E-state index contributed by atoms with van der Waals surface area (Å²) >= 11 is 0. The van der Waals surface area contributed by atoms with Crippen molar-refractivity contribution >= 4 is 23.4 Å². The van der Waals surface area contributed by atoms with E-state index < -0.39 is 7.12 Å². The van der Waals surface area contributed by atoms with E-state index in [1.54, 1.807) is 0 Å². The molecule has 1 atom stereocenters. The van der Waals surface area contributed by atoms with Crippen LogP contribution in [0.5, 0.6) is 0 Å². The van der Waals surface area contributed by atoms with Crippen LogP contribution in [0.3, 0.4) is 0 Å². The summed E-state index contributed by atoms with van der Waals surface area (Å²) in [5.74, 6) is 0. The number of hydrogen-bond donors (Lipinski definition) is 0. The first-order valence-electron chi connectivity index (χ1n) is 9.02. The molecule has 0 bridgehead atoms. The minimum Gasteiger partial charge on any atom is -0.399 e. The van der Waals surface area contributed by atoms with Gasteiger partial charge in [-0.2, -0.15) is 0 Å². The third-order valence-corrected chi connectivity index (χ3v) is 6.28. The monoisotopic (exact) mass is 339 g/mol. The highest BCUT2D eigenvalue weighted by atomic mass is 16.7. The van der Waals surface area contributed by atoms with Crippen molar-refractivity contribution in [3.05, 3.63) is 40.8 Å². The van der Waals surface area contributed by atoms with Gasteiger partial charge in [-0.1, -0.05) is 26.0 Å². The molecule has 25 heavy (non-hydrogen) atoms. The molecule has 1 aliphatic carbocycles. The van der Waals surface area contributed by atoms with Gasteiger partial charge in [0.2, 0.25) is 0 Å². The second-order valence-corrected chi connectivity index (χ2v) is 9.17. The molecule has 5 heteroatoms. The van der Waals surface area contributed by atoms with Crippen molar-refractivity contribution in [3.8, 4) is 0 Å². The Labute approximate surface area is 149 Å². The summed E-state index contributed by atoms with van der Waals surface area (Å²) in [5.41, 5.74) is 0.409. The maximum Gasteiger partial charge on any atom is 0.494 e. The fourth-order valence-corrected chi connectivity index (χ4v) is 3.56. The van der Waals surface area contributed by atoms with Gasteiger partial charge in [-0.3, -0.25) is 4.79 Å². The smallest absolute Gasteiger partial charge is 0.399 e. The fourth-order valence-electron chi connectivity index (χ4n) is 3.56. The highest BCUT2D eigenvalue weighted by molar-refractivity contribution is 6.62. The van der Waals surface area contributed by atoms with Crippen molar-refractivity contribution in [2.75, 3.05) is 0 Å². The van der Waals surface area contributed by atoms with Gasteiger partial charge in [-0.05, 0) is 62.5 Å². The number of nitrogens with zero attached hydrogens (tertiary/aromatic N) is 1. The Hall–Kier alpha value is -1.59. The van der Waals surface area contributed by atoms with Crippen LogP contribution in [0.25, 0.3) is 10.8 Å². The Morgan fingerprint density at radius 2 is 1.64 bits per heavy atom. The van der Waals surface area contributed by atoms with E-state index >= 15 is 0 Å². The maximum atomic E-state index is 13.0. The van der Waals surface area contributed by atoms with E-state index in [0.29, 0.717) is 6.04 Å². The summed E-state index contributed by atoms with van der Waals surface area (Å²) in [6.07, 6.45) is 2.98. The Bertz CT molecular complexity index is 897. The molecule has 4 rings (SSSR count). The minimum atomic E-state index is -0.445. The van der Waals surface area contributed by atoms with Crippen LogP contribution in [0.2, 0.25) is 0 Å². The second-order valence-electron chi connectivity index (χ2n) is 9.17. The molecule has 2 aliphatic rings. The number of fused-ring (bicyclic) bond motifs is 1. The van der Waals surface area contributed by atoms with Crippen molar-refractivity contribution in [1.82, 2.24) is 4.57 Å². The molecule has 132 valence electrons. The quantitative estimate of drug-likeness (QED) is 0.789. The van der Waals surface area contributed by atoms with Gasteiger partial charge >= 0.3 is 7.12 Å². The standard InChI is InChI=1S/C20H26BNO3/c1-18(2)12-16(18)22-10-9-13-7-8-14(11-15(13)17(22)23)21-24-19(3,4)20(5,6)25-21/h7-11,16H,12H2,1-6H3. The largest absolute Gasteiger partial charge is 0.494 e. The Balaban J connectivity index is 1.76. The molecule has 2 fully saturated rings. The van der Waals surface area contributed by atoms with Crippen LogP contribution in [0.1, 0.15) is 54.0 Å². The van der Waals surface area contributed by atoms with E-state index in [4.69, 9.17) is 9.31 Å². The van der Waals surface area contributed by atoms with Gasteiger partial charge in [0, 0.05) is 17.6 Å². The first-order valence-corrected chi connectivity index (χ1v) is 9.02. The van der Waals surface area contributed by atoms with Crippen LogP contribution in [0.15, 0.2) is 35.3 Å². The summed E-state index contributed by atoms with van der Waals surface area (Å²) in [6.45, 7) is 12.6. The fraction of sp³-hybridized carbons (Fsp3) is 0.550. The molecule has 2 aromatic rings. The lowest BCUT2D eigenvalue weighted by Crippen LogP contribution is -2.41. The van der Waals surface area contributed by atoms with Crippen LogP contribution in [-0.2, 0) is 9.31 Å². The van der Waals surface area contributed by atoms with E-state index in [9.17, 15) is 4.79 Å². The molecule has 2 heterocycles. The van der Waals surface area contributed by atoms with Gasteiger partial charge < -0.3 is 13.9 Å². The Kier molecular flexibility index (Phi) is 3.36. The maximum absolute atomic E-state index is 13.0. The topological polar surface area (TPSA) is 40.5 Å². The minimum absolute atomic E-state index is 0.0754. The van der Waals surface area contributed by atoms with Crippen LogP contribution in [-0.4, -0.2) is 22.9 Å². The van der Waals surface area contributed by atoms with E-state index in [1.807, 2.05) is 62.7 Å². The molecule has 0 spiro atoms. The SMILES string of the molecule is CC1(C)CC1n1ccc2ccc(B3OC(C)(C)C(C)(C)O3)cc2c1=O. The van der Waals surface area contributed by atoms with E-state index in [0.717, 1.165) is 22.7 Å². The average Bonchev–Trinajstić information content (AvgIpc) is 3.07. The molecular weight excluding hydrogens is 313 g/mol. The number of rotatable bonds is 2. The molecule has 0 amide bonds. The van der Waals surface area contributed by atoms with Crippen molar-refractivity contribution in [3.63, 3.8) is 0 Å². The first-order chi connectivity index (χ1) is 11.5. The predicted molar refractivity (Wildman–Crippen MR) is 101 cm³/mol. The Morgan fingerprint density at radius 3 is 2.20 bits per heavy atom. The average molecular weight is 339 g/mol. The van der Waals surface area contributed by atoms with Crippen molar-refractivity contribution < 1.29 is 9.31 Å². The van der Waals surface area contributed by atoms with E-state index in [2.05, 4.69) is 13.8 Å². The van der Waals surface area contributed by atoms with Gasteiger partial charge in [0.15, 0.2) is 0 Å². The normalized spacial score (nSPS) is 26.2. The number of hydrogen-bond acceptors (Lipinski definition) is 3. The third-order valence-electron chi connectivity index (χ3n) is 6.28. The lowest BCUT2D eigenvalue weighted by Gasteiger charge is -2.32. The number of pyridine rings is 1. The first kappa shape index (κ1) is 16.9.